The van der Waals surface area contributed by atoms with Crippen LogP contribution in [-0.4, -0.2) is 113 Å². The Labute approximate surface area is 626 Å². The van der Waals surface area contributed by atoms with Crippen molar-refractivity contribution in [3.63, 3.8) is 0 Å². The highest BCUT2D eigenvalue weighted by molar-refractivity contribution is 9.08. The highest BCUT2D eigenvalue weighted by Crippen LogP contribution is 2.45. The van der Waals surface area contributed by atoms with E-state index in [4.69, 9.17) is 41.7 Å². The molecule has 8 rings (SSSR count). The Kier molecular flexibility index (Phi) is 29.1. The minimum atomic E-state index is -2.12. The molecule has 0 saturated carbocycles. The SMILES string of the molecule is CC(C)(C)c1ccccc1COCc1cn([C@H]2C[C@@H](O[Si](C)(C)C(C)(C)C)[C@@H](CO)O2)c(=O)[nH]c1=O.CC[C@H]1O[C@@H](n2cc(CBr)c(=O)n(C(=O)OC(C)(C)C)c2=O)C[C@H]1O[Si](C)(C)C(C)(C)C.CC[C@H]1O[C@@H](n2cc(COCc3ccccc3C(C)(C)C)c(=O)[nH]c2=O)C[C@H]1O[Si](C)(C)C(C)(C)C. The summed E-state index contributed by atoms with van der Waals surface area (Å²) in [6, 6.07) is 16.3. The van der Waals surface area contributed by atoms with Gasteiger partial charge in [0.15, 0.2) is 25.0 Å². The van der Waals surface area contributed by atoms with Gasteiger partial charge in [-0.05, 0) is 121 Å². The van der Waals surface area contributed by atoms with Crippen LogP contribution >= 0.6 is 15.9 Å². The summed E-state index contributed by atoms with van der Waals surface area (Å²) >= 11 is 3.28. The normalized spacial score (nSPS) is 21.5. The summed E-state index contributed by atoms with van der Waals surface area (Å²) in [5, 5.41) is 10.2. The summed E-state index contributed by atoms with van der Waals surface area (Å²) in [4.78, 5) is 93.9. The summed E-state index contributed by atoms with van der Waals surface area (Å²) in [6.07, 6.45) is 3.28. The summed E-state index contributed by atoms with van der Waals surface area (Å²) in [6.45, 7) is 55.5. The Bertz CT molecular complexity index is 3910. The predicted molar refractivity (Wildman–Crippen MR) is 419 cm³/mol. The fourth-order valence-corrected chi connectivity index (χ4v) is 16.4. The van der Waals surface area contributed by atoms with Crippen molar-refractivity contribution in [3.05, 3.63) is 169 Å². The molecule has 0 aliphatic carbocycles. The van der Waals surface area contributed by atoms with Crippen LogP contribution in [0.3, 0.4) is 0 Å². The first kappa shape index (κ1) is 87.6. The molecule has 0 unspecified atom stereocenters. The Morgan fingerprint density at radius 3 is 1.15 bits per heavy atom. The number of rotatable bonds is 21. The third-order valence-corrected chi connectivity index (χ3v) is 35.0. The lowest BCUT2D eigenvalue weighted by atomic mass is 9.84. The first-order valence-electron chi connectivity index (χ1n) is 36.6. The molecule has 3 N–H and O–H groups in total. The molecule has 0 spiro atoms. The quantitative estimate of drug-likeness (QED) is 0.0455. The van der Waals surface area contributed by atoms with Crippen molar-refractivity contribution in [2.45, 2.75) is 328 Å². The fraction of sp³-hybridized carbons (Fsp3) is 0.675. The third kappa shape index (κ3) is 22.2. The van der Waals surface area contributed by atoms with Gasteiger partial charge >= 0.3 is 23.2 Å². The van der Waals surface area contributed by atoms with Crippen LogP contribution in [0.2, 0.25) is 54.4 Å². The van der Waals surface area contributed by atoms with Gasteiger partial charge in [-0.1, -0.05) is 182 Å². The molecular formula is C77H123BrN6O17Si3. The van der Waals surface area contributed by atoms with E-state index >= 15 is 0 Å². The van der Waals surface area contributed by atoms with Crippen molar-refractivity contribution in [3.8, 4) is 0 Å². The number of benzene rings is 2. The van der Waals surface area contributed by atoms with E-state index in [9.17, 15) is 38.7 Å². The number of aliphatic hydroxyl groups is 1. The Morgan fingerprint density at radius 1 is 0.500 bits per heavy atom. The second kappa shape index (κ2) is 34.5. The molecular weight excluding hydrogens is 1450 g/mol. The highest BCUT2D eigenvalue weighted by Gasteiger charge is 2.48. The lowest BCUT2D eigenvalue weighted by molar-refractivity contribution is -0.0441. The van der Waals surface area contributed by atoms with Crippen molar-refractivity contribution in [1.82, 2.24) is 28.2 Å². The number of carbonyl (C=O) groups is 1. The van der Waals surface area contributed by atoms with E-state index < -0.39 is 95.2 Å². The number of aromatic nitrogens is 6. The number of halogens is 1. The topological polar surface area (TPSA) is 274 Å². The predicted octanol–water partition coefficient (Wildman–Crippen LogP) is 14.6. The van der Waals surface area contributed by atoms with Gasteiger partial charge in [0.25, 0.3) is 16.7 Å². The molecule has 5 aromatic rings. The Balaban J connectivity index is 0.000000245. The van der Waals surface area contributed by atoms with Crippen molar-refractivity contribution in [2.24, 2.45) is 0 Å². The van der Waals surface area contributed by atoms with Gasteiger partial charge in [0, 0.05) is 48.7 Å². The van der Waals surface area contributed by atoms with Crippen molar-refractivity contribution >= 4 is 47.0 Å². The lowest BCUT2D eigenvalue weighted by Gasteiger charge is -2.39. The largest absolute Gasteiger partial charge is 0.443 e. The molecule has 0 radical (unpaired) electrons. The number of aliphatic hydroxyl groups excluding tert-OH is 1. The molecule has 3 aromatic heterocycles. The minimum absolute atomic E-state index is 0.00394. The molecule has 3 aliphatic rings. The standard InChI is InChI=1S/C28H44N2O5Si.C27H42N2O6Si.C22H37BrN2O6Si/c1-10-22-23(35-36(8,9)28(5,6)7)15-24(34-22)30-16-20(25(31)29-26(30)32)18-33-17-19-13-11-12-14-21(19)27(2,3)4;1-26(2,3)20-12-10-9-11-18(20)16-33-17-19-14-29(25(32)28-24(19)31)23-13-21(22(15-30)34-23)35-36(7,8)27(4,5)6;1-10-15-16(31-32(8,9)22(5,6)7)11-17(29-15)24-13-14(12-23)18(26)25(19(24)27)20(28)30-21(2,3)4/h11-14,16,22-24H,10,15,17-18H2,1-9H3,(H,29,31,32);9-12,14,21-23,30H,13,15-17H2,1-8H3,(H,28,31,32);13,15-17H,10-12H2,1-9H3/t22-,23-,24-;21-,22-,23-;15-,16-,17-/m111/s1. The first-order valence-corrected chi connectivity index (χ1v) is 46.4. The van der Waals surface area contributed by atoms with Crippen LogP contribution in [0.4, 0.5) is 4.79 Å². The number of nitrogens with zero attached hydrogens (tertiary/aromatic N) is 4. The number of ether oxygens (including phenoxy) is 6. The number of alkyl halides is 1. The van der Waals surface area contributed by atoms with Gasteiger partial charge in [-0.15, -0.1) is 0 Å². The zero-order valence-electron chi connectivity index (χ0n) is 67.0. The van der Waals surface area contributed by atoms with E-state index in [-0.39, 0.29) is 87.2 Å². The molecule has 23 nitrogen and oxygen atoms in total. The van der Waals surface area contributed by atoms with E-state index in [1.54, 1.807) is 27.0 Å². The molecule has 27 heteroatoms. The fourth-order valence-electron chi connectivity index (χ4n) is 11.9. The van der Waals surface area contributed by atoms with Crippen LogP contribution in [0.25, 0.3) is 0 Å². The van der Waals surface area contributed by atoms with Gasteiger partial charge in [-0.3, -0.25) is 38.1 Å². The Hall–Kier alpha value is -5.28. The van der Waals surface area contributed by atoms with Crippen molar-refractivity contribution < 1.29 is 51.6 Å². The second-order valence-electron chi connectivity index (χ2n) is 35.4. The van der Waals surface area contributed by atoms with Crippen LogP contribution < -0.4 is 33.7 Å². The average molecular weight is 1570 g/mol. The molecule has 0 bridgehead atoms. The monoisotopic (exact) mass is 1570 g/mol. The van der Waals surface area contributed by atoms with E-state index in [1.807, 2.05) is 43.3 Å². The molecule has 3 saturated heterocycles. The van der Waals surface area contributed by atoms with E-state index in [2.05, 4.69) is 188 Å². The molecule has 6 heterocycles. The Morgan fingerprint density at radius 2 is 0.827 bits per heavy atom. The van der Waals surface area contributed by atoms with Gasteiger partial charge in [0.1, 0.15) is 30.4 Å². The van der Waals surface area contributed by atoms with Gasteiger partial charge in [0.2, 0.25) is 0 Å². The number of H-pyrrole nitrogens is 2. The first-order chi connectivity index (χ1) is 47.8. The summed E-state index contributed by atoms with van der Waals surface area (Å²) < 4.78 is 60.2. The number of nitrogens with one attached hydrogen (secondary N) is 2. The lowest BCUT2D eigenvalue weighted by Crippen LogP contribution is -2.47. The minimum Gasteiger partial charge on any atom is -0.443 e. The smallest absolute Gasteiger partial charge is 0.425 e. The van der Waals surface area contributed by atoms with Crippen LogP contribution in [0.1, 0.15) is 228 Å². The molecule has 0 amide bonds. The van der Waals surface area contributed by atoms with Gasteiger partial charge < -0.3 is 46.8 Å². The average Bonchev–Trinajstić information content (AvgIpc) is 1.53. The maximum Gasteiger partial charge on any atom is 0.425 e. The van der Waals surface area contributed by atoms with Gasteiger partial charge in [-0.2, -0.15) is 4.57 Å². The summed E-state index contributed by atoms with van der Waals surface area (Å²) in [5.41, 5.74) is 1.23. The summed E-state index contributed by atoms with van der Waals surface area (Å²) in [7, 11) is -6.18. The molecule has 104 heavy (non-hydrogen) atoms. The zero-order valence-corrected chi connectivity index (χ0v) is 71.6. The highest BCUT2D eigenvalue weighted by atomic mass is 79.9. The molecule has 3 aliphatic heterocycles. The number of carbonyl (C=O) groups excluding carboxylic acids is 1. The van der Waals surface area contributed by atoms with Crippen molar-refractivity contribution in [2.75, 3.05) is 6.61 Å². The third-order valence-electron chi connectivity index (χ3n) is 20.9. The van der Waals surface area contributed by atoms with E-state index in [0.29, 0.717) is 48.2 Å². The van der Waals surface area contributed by atoms with Gasteiger partial charge in [-0.25, -0.2) is 19.2 Å². The maximum absolute atomic E-state index is 13.2. The number of hydrogen-bond acceptors (Lipinski definition) is 17. The van der Waals surface area contributed by atoms with Crippen LogP contribution in [-0.2, 0) is 84.3 Å². The van der Waals surface area contributed by atoms with Crippen LogP contribution in [0, 0.1) is 0 Å². The molecule has 9 atom stereocenters. The zero-order chi connectivity index (χ0) is 78.4. The van der Waals surface area contributed by atoms with Crippen LogP contribution in [0.5, 0.6) is 0 Å². The maximum atomic E-state index is 13.2. The van der Waals surface area contributed by atoms with Gasteiger partial charge in [0.05, 0.1) is 74.7 Å². The molecule has 2 aromatic carbocycles. The van der Waals surface area contributed by atoms with Crippen LogP contribution in [0.15, 0.2) is 95.9 Å². The van der Waals surface area contributed by atoms with Crippen molar-refractivity contribution in [1.29, 1.82) is 0 Å². The molecule has 3 fully saturated rings. The number of aromatic amines is 2. The molecule has 582 valence electrons. The van der Waals surface area contributed by atoms with E-state index in [1.165, 1.54) is 37.2 Å². The summed E-state index contributed by atoms with van der Waals surface area (Å²) in [5.74, 6) is 0. The second-order valence-corrected chi connectivity index (χ2v) is 50.2. The van der Waals surface area contributed by atoms with E-state index in [0.717, 1.165) is 24.0 Å². The number of hydrogen-bond donors (Lipinski definition) is 3.